The highest BCUT2D eigenvalue weighted by molar-refractivity contribution is 5.76. The minimum absolute atomic E-state index is 0.0765. The number of benzene rings is 1. The lowest BCUT2D eigenvalue weighted by molar-refractivity contribution is -0.140. The number of likely N-dealkylation sites (tertiary alicyclic amines) is 1. The second kappa shape index (κ2) is 10.9. The second-order valence-electron chi connectivity index (χ2n) is 7.06. The normalized spacial score (nSPS) is 15.1. The van der Waals surface area contributed by atoms with Crippen LogP contribution in [0.25, 0.3) is 0 Å². The Morgan fingerprint density at radius 2 is 1.85 bits per heavy atom. The maximum atomic E-state index is 12.5. The van der Waals surface area contributed by atoms with E-state index in [1.807, 2.05) is 41.0 Å². The highest BCUT2D eigenvalue weighted by atomic mass is 16.5. The Labute approximate surface area is 162 Å². The summed E-state index contributed by atoms with van der Waals surface area (Å²) in [7, 11) is 0. The molecule has 1 N–H and O–H groups in total. The van der Waals surface area contributed by atoms with Gasteiger partial charge in [0.25, 0.3) is 0 Å². The van der Waals surface area contributed by atoms with Crippen LogP contribution in [0.2, 0.25) is 0 Å². The van der Waals surface area contributed by atoms with E-state index < -0.39 is 5.97 Å². The number of carbonyl (C=O) groups is 2. The highest BCUT2D eigenvalue weighted by Gasteiger charge is 2.26. The number of nitrogens with zero attached hydrogens (tertiary/aromatic N) is 2. The maximum absolute atomic E-state index is 12.5. The Morgan fingerprint density at radius 3 is 2.41 bits per heavy atom. The zero-order valence-corrected chi connectivity index (χ0v) is 16.5. The molecule has 0 bridgehead atoms. The zero-order valence-electron chi connectivity index (χ0n) is 16.5. The first-order chi connectivity index (χ1) is 13.0. The zero-order chi connectivity index (χ0) is 19.6. The fourth-order valence-corrected chi connectivity index (χ4v) is 3.53. The van der Waals surface area contributed by atoms with Crippen molar-refractivity contribution in [2.24, 2.45) is 0 Å². The van der Waals surface area contributed by atoms with Crippen molar-refractivity contribution < 1.29 is 19.4 Å². The minimum atomic E-state index is -0.790. The summed E-state index contributed by atoms with van der Waals surface area (Å²) in [5.74, 6) is 0.262. The van der Waals surface area contributed by atoms with E-state index in [4.69, 9.17) is 9.84 Å². The number of ether oxygens (including phenoxy) is 1. The number of aliphatic carboxylic acids is 1. The largest absolute Gasteiger partial charge is 0.494 e. The lowest BCUT2D eigenvalue weighted by Gasteiger charge is -2.37. The molecule has 1 aliphatic rings. The van der Waals surface area contributed by atoms with Crippen LogP contribution in [0.3, 0.4) is 0 Å². The average Bonchev–Trinajstić information content (AvgIpc) is 2.69. The Morgan fingerprint density at radius 1 is 1.19 bits per heavy atom. The molecule has 1 fully saturated rings. The SMILES string of the molecule is CCCOc1ccc(CCC(=O)N2CCC(N(CC)CC(=O)O)CC2)cc1. The summed E-state index contributed by atoms with van der Waals surface area (Å²) < 4.78 is 5.58. The smallest absolute Gasteiger partial charge is 0.317 e. The molecule has 1 aromatic carbocycles. The summed E-state index contributed by atoms with van der Waals surface area (Å²) in [6, 6.07) is 8.22. The van der Waals surface area contributed by atoms with Gasteiger partial charge in [-0.2, -0.15) is 0 Å². The Bertz CT molecular complexity index is 595. The van der Waals surface area contributed by atoms with Gasteiger partial charge in [0.2, 0.25) is 5.91 Å². The van der Waals surface area contributed by atoms with Crippen molar-refractivity contribution in [3.8, 4) is 5.75 Å². The molecule has 6 nitrogen and oxygen atoms in total. The number of hydrogen-bond acceptors (Lipinski definition) is 4. The van der Waals surface area contributed by atoms with Crippen molar-refractivity contribution in [2.75, 3.05) is 32.8 Å². The predicted molar refractivity (Wildman–Crippen MR) is 105 cm³/mol. The van der Waals surface area contributed by atoms with Crippen molar-refractivity contribution in [1.29, 1.82) is 0 Å². The van der Waals surface area contributed by atoms with Gasteiger partial charge in [-0.05, 0) is 49.9 Å². The average molecular weight is 376 g/mol. The third kappa shape index (κ3) is 6.86. The second-order valence-corrected chi connectivity index (χ2v) is 7.06. The molecule has 1 amide bonds. The molecular formula is C21H32N2O4. The van der Waals surface area contributed by atoms with Crippen LogP contribution in [-0.2, 0) is 16.0 Å². The van der Waals surface area contributed by atoms with Crippen molar-refractivity contribution in [3.05, 3.63) is 29.8 Å². The van der Waals surface area contributed by atoms with E-state index in [0.717, 1.165) is 50.1 Å². The van der Waals surface area contributed by atoms with E-state index in [1.54, 1.807) is 0 Å². The Balaban J connectivity index is 1.75. The van der Waals surface area contributed by atoms with Crippen LogP contribution in [0.4, 0.5) is 0 Å². The molecule has 1 heterocycles. The molecule has 1 aliphatic heterocycles. The van der Waals surface area contributed by atoms with Crippen LogP contribution in [0.1, 0.15) is 45.1 Å². The van der Waals surface area contributed by atoms with Crippen LogP contribution in [-0.4, -0.2) is 65.6 Å². The van der Waals surface area contributed by atoms with Gasteiger partial charge in [-0.3, -0.25) is 14.5 Å². The summed E-state index contributed by atoms with van der Waals surface area (Å²) in [4.78, 5) is 27.4. The number of amides is 1. The van der Waals surface area contributed by atoms with Crippen molar-refractivity contribution >= 4 is 11.9 Å². The van der Waals surface area contributed by atoms with Gasteiger partial charge in [-0.1, -0.05) is 26.0 Å². The molecule has 0 radical (unpaired) electrons. The fraction of sp³-hybridized carbons (Fsp3) is 0.619. The number of likely N-dealkylation sites (N-methyl/N-ethyl adjacent to an activating group) is 1. The van der Waals surface area contributed by atoms with E-state index >= 15 is 0 Å². The summed E-state index contributed by atoms with van der Waals surface area (Å²) in [5, 5.41) is 9.01. The van der Waals surface area contributed by atoms with Gasteiger partial charge in [-0.15, -0.1) is 0 Å². The first-order valence-electron chi connectivity index (χ1n) is 9.98. The van der Waals surface area contributed by atoms with Crippen LogP contribution in [0, 0.1) is 0 Å². The number of carbonyl (C=O) groups excluding carboxylic acids is 1. The Hall–Kier alpha value is -2.08. The Kier molecular flexibility index (Phi) is 8.58. The van der Waals surface area contributed by atoms with Gasteiger partial charge >= 0.3 is 5.97 Å². The van der Waals surface area contributed by atoms with Gasteiger partial charge < -0.3 is 14.7 Å². The molecule has 0 atom stereocenters. The lowest BCUT2D eigenvalue weighted by atomic mass is 10.0. The molecule has 27 heavy (non-hydrogen) atoms. The summed E-state index contributed by atoms with van der Waals surface area (Å²) in [5.41, 5.74) is 1.14. The van der Waals surface area contributed by atoms with E-state index in [-0.39, 0.29) is 18.5 Å². The lowest BCUT2D eigenvalue weighted by Crippen LogP contribution is -2.48. The molecule has 0 aliphatic carbocycles. The molecule has 1 aromatic rings. The van der Waals surface area contributed by atoms with Crippen molar-refractivity contribution in [3.63, 3.8) is 0 Å². The summed E-state index contributed by atoms with van der Waals surface area (Å²) in [6.45, 7) is 7.01. The van der Waals surface area contributed by atoms with Gasteiger partial charge in [0.1, 0.15) is 5.75 Å². The van der Waals surface area contributed by atoms with Crippen LogP contribution in [0.15, 0.2) is 24.3 Å². The molecule has 0 unspecified atom stereocenters. The van der Waals surface area contributed by atoms with Gasteiger partial charge in [0, 0.05) is 25.6 Å². The van der Waals surface area contributed by atoms with Gasteiger partial charge in [0.05, 0.1) is 13.2 Å². The maximum Gasteiger partial charge on any atom is 0.317 e. The van der Waals surface area contributed by atoms with Gasteiger partial charge in [0.15, 0.2) is 0 Å². The molecule has 0 aromatic heterocycles. The molecular weight excluding hydrogens is 344 g/mol. The fourth-order valence-electron chi connectivity index (χ4n) is 3.53. The number of hydrogen-bond donors (Lipinski definition) is 1. The summed E-state index contributed by atoms with van der Waals surface area (Å²) >= 11 is 0. The quantitative estimate of drug-likeness (QED) is 0.680. The standard InChI is InChI=1S/C21H32N2O4/c1-3-15-27-19-8-5-17(6-9-19)7-10-20(24)23-13-11-18(12-14-23)22(4-2)16-21(25)26/h5-6,8-9,18H,3-4,7,10-16H2,1-2H3,(H,25,26). The van der Waals surface area contributed by atoms with Crippen molar-refractivity contribution in [2.45, 2.75) is 52.0 Å². The number of aryl methyl sites for hydroxylation is 1. The van der Waals surface area contributed by atoms with Crippen molar-refractivity contribution in [1.82, 2.24) is 9.80 Å². The number of carboxylic acids is 1. The molecule has 0 spiro atoms. The first-order valence-corrected chi connectivity index (χ1v) is 9.98. The predicted octanol–water partition coefficient (Wildman–Crippen LogP) is 2.81. The first kappa shape index (κ1) is 21.2. The van der Waals surface area contributed by atoms with E-state index in [9.17, 15) is 9.59 Å². The molecule has 2 rings (SSSR count). The molecule has 6 heteroatoms. The van der Waals surface area contributed by atoms with Crippen LogP contribution >= 0.6 is 0 Å². The minimum Gasteiger partial charge on any atom is -0.494 e. The van der Waals surface area contributed by atoms with Gasteiger partial charge in [-0.25, -0.2) is 0 Å². The highest BCUT2D eigenvalue weighted by Crippen LogP contribution is 2.18. The topological polar surface area (TPSA) is 70.1 Å². The monoisotopic (exact) mass is 376 g/mol. The molecule has 150 valence electrons. The molecule has 0 saturated carbocycles. The van der Waals surface area contributed by atoms with Crippen LogP contribution in [0.5, 0.6) is 5.75 Å². The number of rotatable bonds is 10. The third-order valence-electron chi connectivity index (χ3n) is 5.10. The van der Waals surface area contributed by atoms with E-state index in [0.29, 0.717) is 19.5 Å². The third-order valence-corrected chi connectivity index (χ3v) is 5.10. The van der Waals surface area contributed by atoms with E-state index in [1.165, 1.54) is 0 Å². The van der Waals surface area contributed by atoms with Crippen LogP contribution < -0.4 is 4.74 Å². The number of piperidine rings is 1. The summed E-state index contributed by atoms with van der Waals surface area (Å²) in [6.07, 6.45) is 3.91. The number of carboxylic acid groups (broad SMARTS) is 1. The molecule has 1 saturated heterocycles. The van der Waals surface area contributed by atoms with E-state index in [2.05, 4.69) is 6.92 Å².